The minimum absolute atomic E-state index is 0.467. The highest BCUT2D eigenvalue weighted by molar-refractivity contribution is 6.31. The monoisotopic (exact) mass is 299 g/mol. The van der Waals surface area contributed by atoms with Crippen LogP contribution < -0.4 is 4.74 Å². The van der Waals surface area contributed by atoms with E-state index in [-0.39, 0.29) is 0 Å². The van der Waals surface area contributed by atoms with Gasteiger partial charge < -0.3 is 9.84 Å². The van der Waals surface area contributed by atoms with Crippen molar-refractivity contribution in [1.82, 2.24) is 4.98 Å². The van der Waals surface area contributed by atoms with Crippen LogP contribution in [0.1, 0.15) is 17.2 Å². The second kappa shape index (κ2) is 5.72. The number of hydrogen-bond acceptors (Lipinski definition) is 3. The van der Waals surface area contributed by atoms with E-state index < -0.39 is 6.10 Å². The number of aliphatic hydroxyl groups excluding tert-OH is 1. The molecule has 0 aliphatic rings. The Bertz CT molecular complexity index is 783. The van der Waals surface area contributed by atoms with Gasteiger partial charge in [0.15, 0.2) is 0 Å². The molecule has 1 unspecified atom stereocenters. The first-order valence-electron chi connectivity index (χ1n) is 6.55. The molecule has 0 fully saturated rings. The van der Waals surface area contributed by atoms with Crippen LogP contribution in [0.4, 0.5) is 0 Å². The molecule has 21 heavy (non-hydrogen) atoms. The van der Waals surface area contributed by atoms with Crippen LogP contribution in [0, 0.1) is 0 Å². The average Bonchev–Trinajstić information content (AvgIpc) is 2.53. The van der Waals surface area contributed by atoms with Crippen molar-refractivity contribution in [2.45, 2.75) is 6.10 Å². The van der Waals surface area contributed by atoms with Crippen LogP contribution in [-0.2, 0) is 0 Å². The SMILES string of the molecule is COc1cccc(Cl)c1C(O)c1cncc2ccccc12. The van der Waals surface area contributed by atoms with Gasteiger partial charge in [0, 0.05) is 28.9 Å². The summed E-state index contributed by atoms with van der Waals surface area (Å²) in [5, 5.41) is 13.2. The maximum atomic E-state index is 10.8. The Morgan fingerprint density at radius 1 is 1.10 bits per heavy atom. The van der Waals surface area contributed by atoms with Crippen LogP contribution in [-0.4, -0.2) is 17.2 Å². The van der Waals surface area contributed by atoms with Crippen LogP contribution in [0.15, 0.2) is 54.9 Å². The molecule has 0 aliphatic carbocycles. The Morgan fingerprint density at radius 2 is 1.90 bits per heavy atom. The van der Waals surface area contributed by atoms with Crippen molar-refractivity contribution in [3.8, 4) is 5.75 Å². The normalized spacial score (nSPS) is 12.3. The Morgan fingerprint density at radius 3 is 2.71 bits per heavy atom. The number of ether oxygens (including phenoxy) is 1. The predicted octanol–water partition coefficient (Wildman–Crippen LogP) is 3.98. The number of benzene rings is 2. The number of halogens is 1. The molecule has 0 spiro atoms. The molecule has 0 aliphatic heterocycles. The Labute approximate surface area is 127 Å². The van der Waals surface area contributed by atoms with Gasteiger partial charge in [-0.15, -0.1) is 0 Å². The summed E-state index contributed by atoms with van der Waals surface area (Å²) in [6.45, 7) is 0. The van der Waals surface area contributed by atoms with Crippen LogP contribution in [0.3, 0.4) is 0 Å². The Kier molecular flexibility index (Phi) is 3.78. The molecule has 3 rings (SSSR count). The molecule has 3 nitrogen and oxygen atoms in total. The number of nitrogens with zero attached hydrogens (tertiary/aromatic N) is 1. The van der Waals surface area contributed by atoms with Crippen molar-refractivity contribution in [2.75, 3.05) is 7.11 Å². The van der Waals surface area contributed by atoms with Gasteiger partial charge in [0.2, 0.25) is 0 Å². The molecule has 3 aromatic rings. The lowest BCUT2D eigenvalue weighted by Crippen LogP contribution is -2.04. The molecule has 106 valence electrons. The van der Waals surface area contributed by atoms with E-state index in [4.69, 9.17) is 16.3 Å². The molecule has 0 saturated heterocycles. The van der Waals surface area contributed by atoms with E-state index in [1.807, 2.05) is 24.3 Å². The van der Waals surface area contributed by atoms with Gasteiger partial charge in [0.25, 0.3) is 0 Å². The molecular weight excluding hydrogens is 286 g/mol. The van der Waals surface area contributed by atoms with E-state index in [1.165, 1.54) is 0 Å². The maximum absolute atomic E-state index is 10.8. The zero-order chi connectivity index (χ0) is 14.8. The maximum Gasteiger partial charge on any atom is 0.126 e. The molecule has 0 bridgehead atoms. The van der Waals surface area contributed by atoms with Gasteiger partial charge in [-0.3, -0.25) is 4.98 Å². The number of pyridine rings is 1. The van der Waals surface area contributed by atoms with Crippen molar-refractivity contribution in [3.63, 3.8) is 0 Å². The number of rotatable bonds is 3. The fourth-order valence-corrected chi connectivity index (χ4v) is 2.74. The fraction of sp³-hybridized carbons (Fsp3) is 0.118. The molecule has 4 heteroatoms. The Balaban J connectivity index is 2.20. The summed E-state index contributed by atoms with van der Waals surface area (Å²) in [7, 11) is 1.56. The lowest BCUT2D eigenvalue weighted by atomic mass is 9.97. The molecule has 0 amide bonds. The van der Waals surface area contributed by atoms with Gasteiger partial charge in [0.1, 0.15) is 11.9 Å². The lowest BCUT2D eigenvalue weighted by molar-refractivity contribution is 0.216. The highest BCUT2D eigenvalue weighted by Gasteiger charge is 2.20. The first kappa shape index (κ1) is 13.9. The van der Waals surface area contributed by atoms with E-state index in [0.717, 1.165) is 10.8 Å². The third-order valence-corrected chi connectivity index (χ3v) is 3.83. The molecule has 1 N–H and O–H groups in total. The topological polar surface area (TPSA) is 42.4 Å². The van der Waals surface area contributed by atoms with Crippen molar-refractivity contribution < 1.29 is 9.84 Å². The summed E-state index contributed by atoms with van der Waals surface area (Å²) in [6, 6.07) is 13.1. The van der Waals surface area contributed by atoms with Gasteiger partial charge in [-0.2, -0.15) is 0 Å². The number of hydrogen-bond donors (Lipinski definition) is 1. The predicted molar refractivity (Wildman–Crippen MR) is 83.8 cm³/mol. The van der Waals surface area contributed by atoms with Gasteiger partial charge >= 0.3 is 0 Å². The van der Waals surface area contributed by atoms with Gasteiger partial charge in [-0.1, -0.05) is 41.9 Å². The minimum atomic E-state index is -0.896. The minimum Gasteiger partial charge on any atom is -0.496 e. The number of fused-ring (bicyclic) bond motifs is 1. The van der Waals surface area contributed by atoms with Crippen molar-refractivity contribution in [3.05, 3.63) is 71.0 Å². The summed E-state index contributed by atoms with van der Waals surface area (Å²) >= 11 is 6.24. The van der Waals surface area contributed by atoms with E-state index in [0.29, 0.717) is 21.9 Å². The second-order valence-corrected chi connectivity index (χ2v) is 5.12. The molecular formula is C17H14ClNO2. The molecule has 1 atom stereocenters. The van der Waals surface area contributed by atoms with E-state index in [9.17, 15) is 5.11 Å². The van der Waals surface area contributed by atoms with Crippen molar-refractivity contribution in [2.24, 2.45) is 0 Å². The number of aromatic nitrogens is 1. The molecule has 0 radical (unpaired) electrons. The zero-order valence-corrected chi connectivity index (χ0v) is 12.2. The van der Waals surface area contributed by atoms with Crippen LogP contribution in [0.2, 0.25) is 5.02 Å². The molecule has 1 heterocycles. The largest absolute Gasteiger partial charge is 0.496 e. The number of aliphatic hydroxyl groups is 1. The van der Waals surface area contributed by atoms with Gasteiger partial charge in [0.05, 0.1) is 12.1 Å². The quantitative estimate of drug-likeness (QED) is 0.795. The summed E-state index contributed by atoms with van der Waals surface area (Å²) in [5.74, 6) is 0.558. The summed E-state index contributed by atoms with van der Waals surface area (Å²) in [4.78, 5) is 4.20. The van der Waals surface area contributed by atoms with Gasteiger partial charge in [-0.05, 0) is 17.5 Å². The van der Waals surface area contributed by atoms with E-state index in [2.05, 4.69) is 4.98 Å². The van der Waals surface area contributed by atoms with E-state index in [1.54, 1.807) is 37.7 Å². The number of methoxy groups -OCH3 is 1. The molecule has 1 aromatic heterocycles. The highest BCUT2D eigenvalue weighted by atomic mass is 35.5. The average molecular weight is 300 g/mol. The van der Waals surface area contributed by atoms with Crippen LogP contribution in [0.5, 0.6) is 5.75 Å². The lowest BCUT2D eigenvalue weighted by Gasteiger charge is -2.18. The zero-order valence-electron chi connectivity index (χ0n) is 11.5. The first-order chi connectivity index (χ1) is 10.2. The van der Waals surface area contributed by atoms with Crippen LogP contribution in [0.25, 0.3) is 10.8 Å². The van der Waals surface area contributed by atoms with Crippen molar-refractivity contribution in [1.29, 1.82) is 0 Å². The summed E-state index contributed by atoms with van der Waals surface area (Å²) in [6.07, 6.45) is 2.54. The molecule has 0 saturated carbocycles. The fourth-order valence-electron chi connectivity index (χ4n) is 2.47. The van der Waals surface area contributed by atoms with Crippen molar-refractivity contribution >= 4 is 22.4 Å². The summed E-state index contributed by atoms with van der Waals surface area (Å²) < 4.78 is 5.32. The smallest absolute Gasteiger partial charge is 0.126 e. The third-order valence-electron chi connectivity index (χ3n) is 3.50. The Hall–Kier alpha value is -2.10. The van der Waals surface area contributed by atoms with E-state index >= 15 is 0 Å². The third kappa shape index (κ3) is 2.46. The summed E-state index contributed by atoms with van der Waals surface area (Å²) in [5.41, 5.74) is 1.26. The standard InChI is InChI=1S/C17H14ClNO2/c1-21-15-8-4-7-14(18)16(15)17(20)13-10-19-9-11-5-2-3-6-12(11)13/h2-10,17,20H,1H3. The first-order valence-corrected chi connectivity index (χ1v) is 6.93. The highest BCUT2D eigenvalue weighted by Crippen LogP contribution is 2.37. The van der Waals surface area contributed by atoms with Gasteiger partial charge in [-0.25, -0.2) is 0 Å². The second-order valence-electron chi connectivity index (χ2n) is 4.71. The van der Waals surface area contributed by atoms with Crippen LogP contribution >= 0.6 is 11.6 Å². The molecule has 2 aromatic carbocycles.